The highest BCUT2D eigenvalue weighted by Gasteiger charge is 2.34. The molecule has 2 heterocycles. The summed E-state index contributed by atoms with van der Waals surface area (Å²) >= 11 is 0. The standard InChI is InChI=1S/C20H22N4/c1-2-12-10-21-19-18(12)20(23-11-22-19)24-16-9-14-7-3-5-13-6-4-8-15(16)17(13)14/h4,6,8,10-11,14,16H,2-3,5,7,9H2,1H3,(H2,21,22,23,24). The van der Waals surface area contributed by atoms with Crippen LogP contribution in [0.5, 0.6) is 0 Å². The van der Waals surface area contributed by atoms with Crippen molar-refractivity contribution < 1.29 is 0 Å². The average molecular weight is 318 g/mol. The second-order valence-electron chi connectivity index (χ2n) is 7.06. The summed E-state index contributed by atoms with van der Waals surface area (Å²) in [7, 11) is 0. The zero-order valence-corrected chi connectivity index (χ0v) is 14.0. The molecule has 0 fully saturated rings. The van der Waals surface area contributed by atoms with Crippen molar-refractivity contribution in [3.8, 4) is 0 Å². The molecule has 2 atom stereocenters. The van der Waals surface area contributed by atoms with E-state index in [9.17, 15) is 0 Å². The molecule has 2 N–H and O–H groups in total. The largest absolute Gasteiger partial charge is 0.363 e. The first kappa shape index (κ1) is 14.0. The van der Waals surface area contributed by atoms with Crippen LogP contribution in [0.4, 0.5) is 5.82 Å². The lowest BCUT2D eigenvalue weighted by atomic mass is 9.84. The molecule has 4 heteroatoms. The van der Waals surface area contributed by atoms with Crippen LogP contribution in [0.15, 0.2) is 30.7 Å². The van der Waals surface area contributed by atoms with Gasteiger partial charge in [0.15, 0.2) is 0 Å². The zero-order chi connectivity index (χ0) is 16.1. The van der Waals surface area contributed by atoms with Crippen molar-refractivity contribution in [3.05, 3.63) is 53.0 Å². The Morgan fingerprint density at radius 1 is 1.29 bits per heavy atom. The topological polar surface area (TPSA) is 53.6 Å². The van der Waals surface area contributed by atoms with Gasteiger partial charge in [-0.05, 0) is 60.3 Å². The molecule has 2 aromatic heterocycles. The smallest absolute Gasteiger partial charge is 0.143 e. The van der Waals surface area contributed by atoms with Gasteiger partial charge in [-0.1, -0.05) is 25.1 Å². The van der Waals surface area contributed by atoms with Crippen molar-refractivity contribution in [2.75, 3.05) is 5.32 Å². The molecule has 0 saturated heterocycles. The number of nitrogens with one attached hydrogen (secondary N) is 2. The molecular weight excluding hydrogens is 296 g/mol. The van der Waals surface area contributed by atoms with Crippen molar-refractivity contribution in [3.63, 3.8) is 0 Å². The highest BCUT2D eigenvalue weighted by atomic mass is 15.1. The summed E-state index contributed by atoms with van der Waals surface area (Å²) in [5.74, 6) is 1.69. The van der Waals surface area contributed by atoms with Crippen LogP contribution in [-0.2, 0) is 12.8 Å². The number of hydrogen-bond donors (Lipinski definition) is 2. The molecule has 0 aliphatic heterocycles. The second-order valence-corrected chi connectivity index (χ2v) is 7.06. The van der Waals surface area contributed by atoms with E-state index in [4.69, 9.17) is 0 Å². The number of benzene rings is 1. The molecule has 4 nitrogen and oxygen atoms in total. The van der Waals surface area contributed by atoms with Crippen molar-refractivity contribution in [2.45, 2.75) is 51.0 Å². The molecule has 3 aromatic rings. The minimum absolute atomic E-state index is 0.362. The second kappa shape index (κ2) is 5.33. The van der Waals surface area contributed by atoms with Crippen LogP contribution in [-0.4, -0.2) is 15.0 Å². The molecule has 122 valence electrons. The number of aromatic amines is 1. The van der Waals surface area contributed by atoms with E-state index in [1.54, 1.807) is 17.5 Å². The Hall–Kier alpha value is -2.36. The SMILES string of the molecule is CCc1c[nH]c2ncnc(NC3CC4CCCc5cccc3c54)c12. The summed E-state index contributed by atoms with van der Waals surface area (Å²) in [6.07, 6.45) is 9.77. The van der Waals surface area contributed by atoms with Crippen molar-refractivity contribution >= 4 is 16.9 Å². The lowest BCUT2D eigenvalue weighted by Crippen LogP contribution is -2.09. The Morgan fingerprint density at radius 2 is 2.25 bits per heavy atom. The molecule has 0 amide bonds. The minimum atomic E-state index is 0.362. The van der Waals surface area contributed by atoms with E-state index in [1.165, 1.54) is 36.8 Å². The predicted octanol–water partition coefficient (Wildman–Crippen LogP) is 4.50. The Labute approximate surface area is 141 Å². The number of anilines is 1. The van der Waals surface area contributed by atoms with Crippen LogP contribution in [0.1, 0.15) is 60.4 Å². The van der Waals surface area contributed by atoms with Gasteiger partial charge in [-0.15, -0.1) is 0 Å². The molecule has 0 radical (unpaired) electrons. The highest BCUT2D eigenvalue weighted by Crippen LogP contribution is 2.48. The number of rotatable bonds is 3. The first-order valence-electron chi connectivity index (χ1n) is 9.04. The molecule has 24 heavy (non-hydrogen) atoms. The maximum absolute atomic E-state index is 4.57. The summed E-state index contributed by atoms with van der Waals surface area (Å²) in [4.78, 5) is 12.2. The van der Waals surface area contributed by atoms with Gasteiger partial charge in [-0.2, -0.15) is 0 Å². The number of H-pyrrole nitrogens is 1. The van der Waals surface area contributed by atoms with E-state index >= 15 is 0 Å². The van der Waals surface area contributed by atoms with Gasteiger partial charge in [0.2, 0.25) is 0 Å². The third-order valence-electron chi connectivity index (χ3n) is 5.78. The van der Waals surface area contributed by atoms with E-state index < -0.39 is 0 Å². The van der Waals surface area contributed by atoms with E-state index in [1.807, 2.05) is 0 Å². The Balaban J connectivity index is 1.57. The number of fused-ring (bicyclic) bond motifs is 1. The third kappa shape index (κ3) is 1.98. The number of aromatic nitrogens is 3. The van der Waals surface area contributed by atoms with E-state index in [2.05, 4.69) is 51.6 Å². The van der Waals surface area contributed by atoms with Crippen LogP contribution in [0.3, 0.4) is 0 Å². The maximum Gasteiger partial charge on any atom is 0.143 e. The molecule has 0 saturated carbocycles. The van der Waals surface area contributed by atoms with Crippen LogP contribution in [0.25, 0.3) is 11.0 Å². The molecular formula is C20H22N4. The molecule has 2 unspecified atom stereocenters. The molecule has 2 aliphatic carbocycles. The fourth-order valence-corrected chi connectivity index (χ4v) is 4.70. The fraction of sp³-hybridized carbons (Fsp3) is 0.400. The van der Waals surface area contributed by atoms with Crippen LogP contribution >= 0.6 is 0 Å². The Kier molecular flexibility index (Phi) is 3.12. The van der Waals surface area contributed by atoms with Crippen LogP contribution in [0, 0.1) is 0 Å². The van der Waals surface area contributed by atoms with Gasteiger partial charge in [0.1, 0.15) is 17.8 Å². The van der Waals surface area contributed by atoms with Gasteiger partial charge in [-0.25, -0.2) is 9.97 Å². The fourth-order valence-electron chi connectivity index (χ4n) is 4.70. The van der Waals surface area contributed by atoms with E-state index in [0.29, 0.717) is 6.04 Å². The zero-order valence-electron chi connectivity index (χ0n) is 14.0. The van der Waals surface area contributed by atoms with Gasteiger partial charge in [0.05, 0.1) is 11.4 Å². The highest BCUT2D eigenvalue weighted by molar-refractivity contribution is 5.90. The summed E-state index contributed by atoms with van der Waals surface area (Å²) < 4.78 is 0. The average Bonchev–Trinajstić information content (AvgIpc) is 3.19. The summed E-state index contributed by atoms with van der Waals surface area (Å²) in [6.45, 7) is 2.18. The van der Waals surface area contributed by atoms with E-state index in [-0.39, 0.29) is 0 Å². The lowest BCUT2D eigenvalue weighted by molar-refractivity contribution is 0.534. The molecule has 0 bridgehead atoms. The van der Waals surface area contributed by atoms with Crippen LogP contribution < -0.4 is 5.32 Å². The predicted molar refractivity (Wildman–Crippen MR) is 96.4 cm³/mol. The number of hydrogen-bond acceptors (Lipinski definition) is 3. The van der Waals surface area contributed by atoms with E-state index in [0.717, 1.165) is 29.2 Å². The maximum atomic E-state index is 4.57. The molecule has 1 aromatic carbocycles. The first-order valence-corrected chi connectivity index (χ1v) is 9.04. The minimum Gasteiger partial charge on any atom is -0.363 e. The Morgan fingerprint density at radius 3 is 3.17 bits per heavy atom. The first-order chi connectivity index (χ1) is 11.8. The van der Waals surface area contributed by atoms with Gasteiger partial charge < -0.3 is 10.3 Å². The summed E-state index contributed by atoms with van der Waals surface area (Å²) in [6, 6.07) is 7.20. The third-order valence-corrected chi connectivity index (χ3v) is 5.78. The summed E-state index contributed by atoms with van der Waals surface area (Å²) in [5.41, 5.74) is 6.88. The lowest BCUT2D eigenvalue weighted by Gasteiger charge is -2.20. The van der Waals surface area contributed by atoms with Gasteiger partial charge in [-0.3, -0.25) is 0 Å². The van der Waals surface area contributed by atoms with Crippen molar-refractivity contribution in [1.82, 2.24) is 15.0 Å². The van der Waals surface area contributed by atoms with Gasteiger partial charge in [0.25, 0.3) is 0 Å². The Bertz CT molecular complexity index is 911. The number of aryl methyl sites for hydroxylation is 2. The van der Waals surface area contributed by atoms with Crippen molar-refractivity contribution in [1.29, 1.82) is 0 Å². The van der Waals surface area contributed by atoms with Gasteiger partial charge >= 0.3 is 0 Å². The normalized spacial score (nSPS) is 21.9. The molecule has 5 rings (SSSR count). The quantitative estimate of drug-likeness (QED) is 0.747. The molecule has 0 spiro atoms. The van der Waals surface area contributed by atoms with Crippen molar-refractivity contribution in [2.24, 2.45) is 0 Å². The molecule has 2 aliphatic rings. The summed E-state index contributed by atoms with van der Waals surface area (Å²) in [5, 5.41) is 4.90. The monoisotopic (exact) mass is 318 g/mol. The van der Waals surface area contributed by atoms with Crippen LogP contribution in [0.2, 0.25) is 0 Å². The van der Waals surface area contributed by atoms with Gasteiger partial charge in [0, 0.05) is 6.20 Å². The number of nitrogens with zero attached hydrogens (tertiary/aromatic N) is 2.